The summed E-state index contributed by atoms with van der Waals surface area (Å²) in [7, 11) is 1.95. The number of carbonyl (C=O) groups excluding carboxylic acids is 2. The van der Waals surface area contributed by atoms with Gasteiger partial charge in [0.1, 0.15) is 11.7 Å². The second kappa shape index (κ2) is 17.6. The van der Waals surface area contributed by atoms with Crippen molar-refractivity contribution in [1.82, 2.24) is 20.0 Å². The lowest BCUT2D eigenvalue weighted by molar-refractivity contribution is 0.0363. The zero-order valence-corrected chi connectivity index (χ0v) is 29.8. The van der Waals surface area contributed by atoms with Gasteiger partial charge in [-0.2, -0.15) is 0 Å². The van der Waals surface area contributed by atoms with E-state index in [1.807, 2.05) is 63.2 Å². The number of amides is 2. The lowest BCUT2D eigenvalue weighted by Gasteiger charge is -2.40. The highest BCUT2D eigenvalue weighted by molar-refractivity contribution is 6.30. The van der Waals surface area contributed by atoms with Crippen LogP contribution in [0.25, 0.3) is 5.57 Å². The van der Waals surface area contributed by atoms with Crippen molar-refractivity contribution in [3.05, 3.63) is 77.1 Å². The van der Waals surface area contributed by atoms with Crippen LogP contribution in [0.2, 0.25) is 5.02 Å². The van der Waals surface area contributed by atoms with Gasteiger partial charge in [0.05, 0.1) is 12.4 Å². The second-order valence-electron chi connectivity index (χ2n) is 13.0. The Morgan fingerprint density at radius 3 is 2.50 bits per heavy atom. The van der Waals surface area contributed by atoms with Crippen molar-refractivity contribution in [2.45, 2.75) is 89.5 Å². The molecule has 11 heteroatoms. The highest BCUT2D eigenvalue weighted by Crippen LogP contribution is 2.42. The number of rotatable bonds is 15. The van der Waals surface area contributed by atoms with E-state index in [0.717, 1.165) is 54.4 Å². The molecule has 3 N–H and O–H groups in total. The number of nitrogens with one attached hydrogen (secondary N) is 1. The lowest BCUT2D eigenvalue weighted by atomic mass is 9.88. The van der Waals surface area contributed by atoms with Crippen molar-refractivity contribution in [1.29, 1.82) is 0 Å². The third-order valence-corrected chi connectivity index (χ3v) is 9.79. The van der Waals surface area contributed by atoms with Gasteiger partial charge in [0.15, 0.2) is 0 Å². The van der Waals surface area contributed by atoms with Gasteiger partial charge in [-0.15, -0.1) is 0 Å². The SMILES string of the molecule is C=C(CC(NC(=O)OC1(CC)CC1)C1=CN=CN(C)C1)c1cc(Cl)ccc1C(C/C=C\C=C/N)N1CCN(C(=O)OC(CC)CC)CC1. The van der Waals surface area contributed by atoms with Gasteiger partial charge in [0.25, 0.3) is 0 Å². The van der Waals surface area contributed by atoms with Gasteiger partial charge in [0.2, 0.25) is 0 Å². The molecule has 262 valence electrons. The number of likely N-dealkylation sites (N-methyl/N-ethyl adjacent to an activating group) is 1. The van der Waals surface area contributed by atoms with Crippen LogP contribution in [-0.4, -0.2) is 90.7 Å². The van der Waals surface area contributed by atoms with Gasteiger partial charge >= 0.3 is 12.2 Å². The fourth-order valence-corrected chi connectivity index (χ4v) is 6.49. The van der Waals surface area contributed by atoms with Gasteiger partial charge < -0.3 is 30.3 Å². The molecule has 2 fully saturated rings. The second-order valence-corrected chi connectivity index (χ2v) is 13.4. The van der Waals surface area contributed by atoms with Crippen molar-refractivity contribution < 1.29 is 19.1 Å². The van der Waals surface area contributed by atoms with Crippen LogP contribution in [0.5, 0.6) is 0 Å². The monoisotopic (exact) mass is 680 g/mol. The average Bonchev–Trinajstić information content (AvgIpc) is 3.86. The molecule has 1 aromatic carbocycles. The summed E-state index contributed by atoms with van der Waals surface area (Å²) in [4.78, 5) is 36.6. The summed E-state index contributed by atoms with van der Waals surface area (Å²) < 4.78 is 11.6. The van der Waals surface area contributed by atoms with E-state index in [-0.39, 0.29) is 29.9 Å². The summed E-state index contributed by atoms with van der Waals surface area (Å²) in [6, 6.07) is 5.55. The molecule has 1 saturated carbocycles. The van der Waals surface area contributed by atoms with Crippen molar-refractivity contribution in [2.24, 2.45) is 10.7 Å². The molecule has 0 aromatic heterocycles. The molecule has 2 heterocycles. The normalized spacial score (nSPS) is 19.0. The molecular weight excluding hydrogens is 628 g/mol. The molecule has 2 atom stereocenters. The van der Waals surface area contributed by atoms with Crippen LogP contribution in [0.1, 0.15) is 82.9 Å². The Hall–Kier alpha value is -3.76. The van der Waals surface area contributed by atoms with Crippen LogP contribution in [0.3, 0.4) is 0 Å². The van der Waals surface area contributed by atoms with E-state index in [1.165, 1.54) is 6.20 Å². The molecule has 2 unspecified atom stereocenters. The van der Waals surface area contributed by atoms with Gasteiger partial charge in [-0.1, -0.05) is 57.2 Å². The standard InChI is InChI=1S/C37H53ClN6O4/c1-6-30(7-2)47-36(46)44-20-18-43(19-21-44)34(12-10-9-11-17-39)31-14-13-29(38)23-32(31)27(4)22-33(28-24-40-26-42(5)25-28)41-35(45)48-37(8-3)15-16-37/h9-11,13-14,17,23-24,26,30,33-34H,4,6-8,12,15-16,18-22,25,39H2,1-3,5H3,(H,41,45)/b10-9-,17-11-. The first kappa shape index (κ1) is 37.1. The highest BCUT2D eigenvalue weighted by Gasteiger charge is 2.45. The van der Waals surface area contributed by atoms with Crippen LogP contribution >= 0.6 is 11.6 Å². The van der Waals surface area contributed by atoms with Crippen LogP contribution in [0, 0.1) is 0 Å². The molecule has 0 spiro atoms. The van der Waals surface area contributed by atoms with Gasteiger partial charge in [-0.25, -0.2) is 14.6 Å². The van der Waals surface area contributed by atoms with Crippen LogP contribution in [0.15, 0.2) is 66.0 Å². The van der Waals surface area contributed by atoms with Gasteiger partial charge in [-0.3, -0.25) is 4.90 Å². The Morgan fingerprint density at radius 2 is 1.88 bits per heavy atom. The summed E-state index contributed by atoms with van der Waals surface area (Å²) in [6.07, 6.45) is 15.5. The molecule has 3 aliphatic rings. The predicted octanol–water partition coefficient (Wildman–Crippen LogP) is 7.04. The summed E-state index contributed by atoms with van der Waals surface area (Å²) in [5.41, 5.74) is 9.07. The summed E-state index contributed by atoms with van der Waals surface area (Å²) >= 11 is 6.62. The first-order valence-electron chi connectivity index (χ1n) is 17.2. The molecule has 0 radical (unpaired) electrons. The van der Waals surface area contributed by atoms with Crippen LogP contribution in [0.4, 0.5) is 9.59 Å². The third kappa shape index (κ3) is 10.1. The number of nitrogens with zero attached hydrogens (tertiary/aromatic N) is 4. The molecule has 4 rings (SSSR count). The summed E-state index contributed by atoms with van der Waals surface area (Å²) in [6.45, 7) is 13.8. The molecule has 1 aromatic rings. The van der Waals surface area contributed by atoms with Crippen molar-refractivity contribution in [3.8, 4) is 0 Å². The number of ether oxygens (including phenoxy) is 2. The van der Waals surface area contributed by atoms with E-state index in [9.17, 15) is 9.59 Å². The minimum atomic E-state index is -0.423. The molecule has 1 aliphatic carbocycles. The molecule has 2 amide bonds. The number of piperazine rings is 1. The first-order valence-corrected chi connectivity index (χ1v) is 17.6. The Morgan fingerprint density at radius 1 is 1.15 bits per heavy atom. The molecule has 2 aliphatic heterocycles. The number of halogens is 1. The summed E-state index contributed by atoms with van der Waals surface area (Å²) in [5, 5.41) is 3.74. The minimum Gasteiger partial charge on any atom is -0.446 e. The zero-order chi connectivity index (χ0) is 34.7. The maximum absolute atomic E-state index is 13.2. The van der Waals surface area contributed by atoms with E-state index in [4.69, 9.17) is 26.8 Å². The molecule has 10 nitrogen and oxygen atoms in total. The number of hydrogen-bond donors (Lipinski definition) is 2. The fraction of sp³-hybridized carbons (Fsp3) is 0.541. The van der Waals surface area contributed by atoms with E-state index < -0.39 is 6.09 Å². The zero-order valence-electron chi connectivity index (χ0n) is 29.0. The number of nitrogens with two attached hydrogens (primary N) is 1. The average molecular weight is 681 g/mol. The molecule has 0 bridgehead atoms. The fourth-order valence-electron chi connectivity index (χ4n) is 6.32. The number of allylic oxidation sites excluding steroid dienone is 2. The number of alkyl carbamates (subject to hydrolysis) is 1. The summed E-state index contributed by atoms with van der Waals surface area (Å²) in [5.74, 6) is 0. The largest absolute Gasteiger partial charge is 0.446 e. The predicted molar refractivity (Wildman–Crippen MR) is 194 cm³/mol. The Balaban J connectivity index is 1.58. The first-order chi connectivity index (χ1) is 23.1. The smallest absolute Gasteiger partial charge is 0.410 e. The van der Waals surface area contributed by atoms with Crippen molar-refractivity contribution in [3.63, 3.8) is 0 Å². The van der Waals surface area contributed by atoms with Crippen molar-refractivity contribution >= 4 is 35.7 Å². The number of hydrogen-bond acceptors (Lipinski definition) is 8. The number of carbonyl (C=O) groups is 2. The Kier molecular flexibility index (Phi) is 13.6. The van der Waals surface area contributed by atoms with Crippen LogP contribution in [-0.2, 0) is 9.47 Å². The van der Waals surface area contributed by atoms with Crippen molar-refractivity contribution in [2.75, 3.05) is 39.8 Å². The Bertz CT molecular complexity index is 1390. The minimum absolute atomic E-state index is 0.0195. The van der Waals surface area contributed by atoms with Gasteiger partial charge in [0, 0.05) is 57.0 Å². The Labute approximate surface area is 291 Å². The quantitative estimate of drug-likeness (QED) is 0.191. The van der Waals surface area contributed by atoms with E-state index >= 15 is 0 Å². The van der Waals surface area contributed by atoms with Crippen LogP contribution < -0.4 is 11.1 Å². The number of benzene rings is 1. The molecule has 48 heavy (non-hydrogen) atoms. The lowest BCUT2D eigenvalue weighted by Crippen LogP contribution is -2.50. The van der Waals surface area contributed by atoms with E-state index in [1.54, 1.807) is 11.2 Å². The maximum atomic E-state index is 13.2. The molecular formula is C37H53ClN6O4. The maximum Gasteiger partial charge on any atom is 0.410 e. The number of aliphatic imine (C=N–C) groups is 1. The third-order valence-electron chi connectivity index (χ3n) is 9.55. The molecule has 1 saturated heterocycles. The van der Waals surface area contributed by atoms with E-state index in [0.29, 0.717) is 50.6 Å². The topological polar surface area (TPSA) is 113 Å². The highest BCUT2D eigenvalue weighted by atomic mass is 35.5. The van der Waals surface area contributed by atoms with E-state index in [2.05, 4.69) is 33.9 Å². The van der Waals surface area contributed by atoms with Gasteiger partial charge in [-0.05, 0) is 91.6 Å².